The van der Waals surface area contributed by atoms with Crippen LogP contribution in [0.25, 0.3) is 0 Å². The van der Waals surface area contributed by atoms with Gasteiger partial charge in [-0.2, -0.15) is 0 Å². The van der Waals surface area contributed by atoms with Gasteiger partial charge in [-0.05, 0) is 18.2 Å². The second kappa shape index (κ2) is 5.82. The first-order chi connectivity index (χ1) is 10.2. The number of hydrogen-bond donors (Lipinski definition) is 0. The van der Waals surface area contributed by atoms with Crippen LogP contribution in [0.15, 0.2) is 60.7 Å². The molecule has 0 N–H and O–H groups in total. The zero-order chi connectivity index (χ0) is 14.8. The monoisotopic (exact) mass is 279 g/mol. The number of ketones is 1. The van der Waals surface area contributed by atoms with Crippen molar-refractivity contribution in [3.05, 3.63) is 71.8 Å². The number of likely N-dealkylation sites (tertiary alicyclic amines) is 1. The second-order valence-corrected chi connectivity index (χ2v) is 5.91. The number of carbonyl (C=O) groups excluding carboxylic acids is 1. The molecule has 0 aliphatic carbocycles. The molecule has 2 aromatic carbocycles. The van der Waals surface area contributed by atoms with Crippen LogP contribution in [0.1, 0.15) is 36.6 Å². The molecule has 21 heavy (non-hydrogen) atoms. The first kappa shape index (κ1) is 14.0. The Morgan fingerprint density at radius 1 is 0.905 bits per heavy atom. The van der Waals surface area contributed by atoms with Crippen LogP contribution in [0, 0.1) is 5.92 Å². The molecule has 0 radical (unpaired) electrons. The van der Waals surface area contributed by atoms with Crippen LogP contribution in [0.5, 0.6) is 0 Å². The Morgan fingerprint density at radius 3 is 2.00 bits per heavy atom. The molecule has 108 valence electrons. The molecular formula is C19H21NO. The van der Waals surface area contributed by atoms with Gasteiger partial charge in [-0.25, -0.2) is 0 Å². The summed E-state index contributed by atoms with van der Waals surface area (Å²) in [5.74, 6) is 0.396. The highest BCUT2D eigenvalue weighted by Crippen LogP contribution is 2.41. The molecule has 0 bridgehead atoms. The fraction of sp³-hybridized carbons (Fsp3) is 0.316. The molecule has 2 aromatic rings. The number of nitrogens with zero attached hydrogens (tertiary/aromatic N) is 1. The largest absolute Gasteiger partial charge is 0.299 e. The highest BCUT2D eigenvalue weighted by Gasteiger charge is 2.39. The van der Waals surface area contributed by atoms with Crippen molar-refractivity contribution < 1.29 is 4.79 Å². The molecule has 3 rings (SSSR count). The average Bonchev–Trinajstić information content (AvgIpc) is 2.53. The van der Waals surface area contributed by atoms with Crippen molar-refractivity contribution in [3.63, 3.8) is 0 Å². The summed E-state index contributed by atoms with van der Waals surface area (Å²) in [6.07, 6.45) is 0.602. The fourth-order valence-electron chi connectivity index (χ4n) is 3.45. The molecule has 0 amide bonds. The smallest absolute Gasteiger partial charge is 0.139 e. The molecule has 1 aliphatic heterocycles. The third-order valence-corrected chi connectivity index (χ3v) is 4.63. The van der Waals surface area contributed by atoms with Gasteiger partial charge in [0, 0.05) is 24.4 Å². The lowest BCUT2D eigenvalue weighted by molar-refractivity contribution is -0.130. The van der Waals surface area contributed by atoms with Crippen LogP contribution in [0.2, 0.25) is 0 Å². The Kier molecular flexibility index (Phi) is 3.89. The van der Waals surface area contributed by atoms with E-state index < -0.39 is 0 Å². The van der Waals surface area contributed by atoms with E-state index in [1.54, 1.807) is 0 Å². The number of rotatable bonds is 2. The van der Waals surface area contributed by atoms with E-state index in [0.29, 0.717) is 12.2 Å². The molecule has 2 heteroatoms. The summed E-state index contributed by atoms with van der Waals surface area (Å²) in [6.45, 7) is 2.05. The van der Waals surface area contributed by atoms with E-state index in [1.807, 2.05) is 36.4 Å². The number of carbonyl (C=O) groups is 1. The third kappa shape index (κ3) is 2.64. The Labute approximate surface area is 126 Å². The Bertz CT molecular complexity index is 608. The van der Waals surface area contributed by atoms with Crippen molar-refractivity contribution in [1.29, 1.82) is 0 Å². The summed E-state index contributed by atoms with van der Waals surface area (Å²) in [7, 11) is 2.14. The van der Waals surface area contributed by atoms with Crippen LogP contribution < -0.4 is 0 Å². The number of benzene rings is 2. The van der Waals surface area contributed by atoms with Gasteiger partial charge < -0.3 is 0 Å². The van der Waals surface area contributed by atoms with Gasteiger partial charge >= 0.3 is 0 Å². The van der Waals surface area contributed by atoms with Gasteiger partial charge in [-0.1, -0.05) is 67.6 Å². The van der Waals surface area contributed by atoms with Crippen LogP contribution in [0.4, 0.5) is 0 Å². The minimum atomic E-state index is 0.0392. The quantitative estimate of drug-likeness (QED) is 0.828. The van der Waals surface area contributed by atoms with Crippen LogP contribution in [-0.4, -0.2) is 17.7 Å². The molecular weight excluding hydrogens is 258 g/mol. The Balaban J connectivity index is 1.98. The highest BCUT2D eigenvalue weighted by atomic mass is 16.1. The number of piperidine rings is 1. The van der Waals surface area contributed by atoms with E-state index in [-0.39, 0.29) is 18.0 Å². The van der Waals surface area contributed by atoms with Crippen LogP contribution >= 0.6 is 0 Å². The van der Waals surface area contributed by atoms with Gasteiger partial charge in [-0.3, -0.25) is 9.69 Å². The summed E-state index contributed by atoms with van der Waals surface area (Å²) in [4.78, 5) is 14.8. The lowest BCUT2D eigenvalue weighted by atomic mass is 9.80. The normalized spacial score (nSPS) is 26.8. The molecule has 1 aliphatic rings. The van der Waals surface area contributed by atoms with Crippen LogP contribution in [-0.2, 0) is 4.79 Å². The van der Waals surface area contributed by atoms with E-state index >= 15 is 0 Å². The zero-order valence-corrected chi connectivity index (χ0v) is 12.6. The van der Waals surface area contributed by atoms with Crippen molar-refractivity contribution in [2.75, 3.05) is 7.05 Å². The van der Waals surface area contributed by atoms with Crippen molar-refractivity contribution in [3.8, 4) is 0 Å². The average molecular weight is 279 g/mol. The van der Waals surface area contributed by atoms with Crippen molar-refractivity contribution >= 4 is 5.78 Å². The molecule has 3 atom stereocenters. The number of Topliss-reactive ketones (excluding diaryl/α,β-unsaturated/α-hetero) is 1. The summed E-state index contributed by atoms with van der Waals surface area (Å²) < 4.78 is 0. The molecule has 1 fully saturated rings. The molecule has 0 spiro atoms. The predicted octanol–water partition coefficient (Wildman–Crippen LogP) is 4.01. The van der Waals surface area contributed by atoms with Gasteiger partial charge in [0.1, 0.15) is 5.78 Å². The first-order valence-corrected chi connectivity index (χ1v) is 7.53. The van der Waals surface area contributed by atoms with E-state index in [1.165, 1.54) is 11.1 Å². The SMILES string of the molecule is C[C@H]1C(=O)C[C@H](c2ccccc2)N(C)[C@H]1c1ccccc1. The lowest BCUT2D eigenvalue weighted by Crippen LogP contribution is -2.42. The highest BCUT2D eigenvalue weighted by molar-refractivity contribution is 5.83. The lowest BCUT2D eigenvalue weighted by Gasteiger charge is -2.43. The summed E-state index contributed by atoms with van der Waals surface area (Å²) in [5, 5.41) is 0. The molecule has 0 aromatic heterocycles. The second-order valence-electron chi connectivity index (χ2n) is 5.91. The minimum Gasteiger partial charge on any atom is -0.299 e. The van der Waals surface area contributed by atoms with Gasteiger partial charge in [-0.15, -0.1) is 0 Å². The molecule has 2 nitrogen and oxygen atoms in total. The number of hydrogen-bond acceptors (Lipinski definition) is 2. The Morgan fingerprint density at radius 2 is 1.43 bits per heavy atom. The third-order valence-electron chi connectivity index (χ3n) is 4.63. The first-order valence-electron chi connectivity index (χ1n) is 7.53. The van der Waals surface area contributed by atoms with Gasteiger partial charge in [0.25, 0.3) is 0 Å². The Hall–Kier alpha value is -1.93. The van der Waals surface area contributed by atoms with Crippen molar-refractivity contribution in [2.45, 2.75) is 25.4 Å². The van der Waals surface area contributed by atoms with E-state index in [2.05, 4.69) is 43.1 Å². The molecule has 1 heterocycles. The maximum atomic E-state index is 12.5. The molecule has 1 saturated heterocycles. The molecule has 0 unspecified atom stereocenters. The van der Waals surface area contributed by atoms with Crippen molar-refractivity contribution in [2.24, 2.45) is 5.92 Å². The predicted molar refractivity (Wildman–Crippen MR) is 84.9 cm³/mol. The molecule has 0 saturated carbocycles. The van der Waals surface area contributed by atoms with Gasteiger partial charge in [0.05, 0.1) is 0 Å². The summed E-state index contributed by atoms with van der Waals surface area (Å²) in [6, 6.07) is 21.0. The maximum Gasteiger partial charge on any atom is 0.139 e. The maximum absolute atomic E-state index is 12.5. The standard InChI is InChI=1S/C19H21NO/c1-14-18(21)13-17(15-9-5-3-6-10-15)20(2)19(14)16-11-7-4-8-12-16/h3-12,14,17,19H,13H2,1-2H3/t14-,17+,19+/m0/s1. The van der Waals surface area contributed by atoms with Gasteiger partial charge in [0.15, 0.2) is 0 Å². The van der Waals surface area contributed by atoms with E-state index in [9.17, 15) is 4.79 Å². The summed E-state index contributed by atoms with van der Waals surface area (Å²) >= 11 is 0. The van der Waals surface area contributed by atoms with E-state index in [4.69, 9.17) is 0 Å². The fourth-order valence-corrected chi connectivity index (χ4v) is 3.45. The minimum absolute atomic E-state index is 0.0392. The van der Waals surface area contributed by atoms with E-state index in [0.717, 1.165) is 0 Å². The van der Waals surface area contributed by atoms with Crippen molar-refractivity contribution in [1.82, 2.24) is 4.90 Å². The topological polar surface area (TPSA) is 20.3 Å². The zero-order valence-electron chi connectivity index (χ0n) is 12.6. The van der Waals surface area contributed by atoms with Gasteiger partial charge in [0.2, 0.25) is 0 Å². The van der Waals surface area contributed by atoms with Crippen LogP contribution in [0.3, 0.4) is 0 Å². The summed E-state index contributed by atoms with van der Waals surface area (Å²) in [5.41, 5.74) is 2.45.